The van der Waals surface area contributed by atoms with E-state index in [0.29, 0.717) is 53.7 Å². The minimum atomic E-state index is -4.09. The van der Waals surface area contributed by atoms with Crippen LogP contribution in [0.4, 0.5) is 0 Å². The number of amides is 1. The molecule has 1 amide bonds. The Morgan fingerprint density at radius 2 is 1.63 bits per heavy atom. The standard InChI is InChI=1S/C24H24N2O5S.C11H11NO2/c1-30-20-11-10-16(15-5-2-6-15)22-18(12-14-31-23(20)22)24(27)26-32(28,29)21-9-3-8-19-17(21)7-4-13-25-19;1-13-10-4-2-3-9-8(7-12)5-6-14-11(9)10/h3-4,7-11,13,15,18H,2,5-6,12,14H2,1H3,(H,26,27);2-4,8H,5-6H2,1H3/t18-;/m0./s1. The quantitative estimate of drug-likeness (QED) is 0.270. The monoisotopic (exact) mass is 641 g/mol. The van der Waals surface area contributed by atoms with E-state index < -0.39 is 21.8 Å². The van der Waals surface area contributed by atoms with E-state index in [1.54, 1.807) is 44.7 Å². The summed E-state index contributed by atoms with van der Waals surface area (Å²) in [7, 11) is -0.924. The lowest BCUT2D eigenvalue weighted by Gasteiger charge is -2.34. The van der Waals surface area contributed by atoms with Crippen molar-refractivity contribution in [3.8, 4) is 29.1 Å². The molecule has 3 aliphatic rings. The second-order valence-corrected chi connectivity index (χ2v) is 13.1. The molecule has 0 bridgehead atoms. The number of carbonyl (C=O) groups is 1. The van der Waals surface area contributed by atoms with E-state index in [1.165, 1.54) is 6.07 Å². The van der Waals surface area contributed by atoms with E-state index >= 15 is 0 Å². The maximum absolute atomic E-state index is 13.4. The highest BCUT2D eigenvalue weighted by Gasteiger charge is 2.37. The van der Waals surface area contributed by atoms with Gasteiger partial charge < -0.3 is 18.9 Å². The minimum Gasteiger partial charge on any atom is -0.493 e. The maximum Gasteiger partial charge on any atom is 0.264 e. The number of para-hydroxylation sites is 1. The molecule has 3 heterocycles. The van der Waals surface area contributed by atoms with Crippen LogP contribution in [0.3, 0.4) is 0 Å². The molecular weight excluding hydrogens is 606 g/mol. The van der Waals surface area contributed by atoms with Crippen molar-refractivity contribution in [2.45, 2.75) is 54.8 Å². The van der Waals surface area contributed by atoms with E-state index in [-0.39, 0.29) is 10.8 Å². The first-order chi connectivity index (χ1) is 22.4. The summed E-state index contributed by atoms with van der Waals surface area (Å²) in [6.07, 6.45) is 6.01. The van der Waals surface area contributed by atoms with Crippen LogP contribution in [0.15, 0.2) is 71.8 Å². The number of nitrogens with one attached hydrogen (secondary N) is 1. The molecule has 3 aromatic carbocycles. The lowest BCUT2D eigenvalue weighted by Crippen LogP contribution is -2.37. The lowest BCUT2D eigenvalue weighted by molar-refractivity contribution is -0.121. The molecule has 0 radical (unpaired) electrons. The van der Waals surface area contributed by atoms with Crippen molar-refractivity contribution in [3.63, 3.8) is 0 Å². The van der Waals surface area contributed by atoms with Crippen molar-refractivity contribution in [1.29, 1.82) is 5.26 Å². The molecule has 238 valence electrons. The molecule has 10 nitrogen and oxygen atoms in total. The summed E-state index contributed by atoms with van der Waals surface area (Å²) in [6, 6.07) is 20.0. The summed E-state index contributed by atoms with van der Waals surface area (Å²) >= 11 is 0. The number of rotatable bonds is 6. The van der Waals surface area contributed by atoms with Crippen molar-refractivity contribution in [3.05, 3.63) is 83.6 Å². The fraction of sp³-hybridized carbons (Fsp3) is 0.343. The highest BCUT2D eigenvalue weighted by atomic mass is 32.2. The molecule has 1 aromatic heterocycles. The first-order valence-corrected chi connectivity index (χ1v) is 16.8. The summed E-state index contributed by atoms with van der Waals surface area (Å²) < 4.78 is 50.8. The molecule has 1 unspecified atom stereocenters. The third-order valence-electron chi connectivity index (χ3n) is 8.82. The zero-order chi connectivity index (χ0) is 32.3. The number of nitrogens with zero attached hydrogens (tertiary/aromatic N) is 2. The zero-order valence-electron chi connectivity index (χ0n) is 25.7. The molecule has 7 rings (SSSR count). The number of sulfonamides is 1. The Kier molecular flexibility index (Phi) is 8.99. The van der Waals surface area contributed by atoms with Gasteiger partial charge in [0.25, 0.3) is 10.0 Å². The Labute approximate surface area is 268 Å². The Morgan fingerprint density at radius 3 is 2.37 bits per heavy atom. The number of ether oxygens (including phenoxy) is 4. The van der Waals surface area contributed by atoms with Gasteiger partial charge >= 0.3 is 0 Å². The Balaban J connectivity index is 0.000000221. The average molecular weight is 642 g/mol. The zero-order valence-corrected chi connectivity index (χ0v) is 26.5. The van der Waals surface area contributed by atoms with Crippen LogP contribution >= 0.6 is 0 Å². The fourth-order valence-electron chi connectivity index (χ4n) is 6.28. The van der Waals surface area contributed by atoms with Gasteiger partial charge in [-0.25, -0.2) is 13.1 Å². The molecule has 0 spiro atoms. The summed E-state index contributed by atoms with van der Waals surface area (Å²) in [5, 5.41) is 9.43. The molecule has 0 saturated heterocycles. The number of nitriles is 1. The highest BCUT2D eigenvalue weighted by Crippen LogP contribution is 2.49. The largest absolute Gasteiger partial charge is 0.493 e. The summed E-state index contributed by atoms with van der Waals surface area (Å²) in [5.74, 6) is 1.66. The lowest BCUT2D eigenvalue weighted by atomic mass is 9.74. The Morgan fingerprint density at radius 1 is 0.891 bits per heavy atom. The van der Waals surface area contributed by atoms with E-state index in [0.717, 1.165) is 48.1 Å². The van der Waals surface area contributed by atoms with Gasteiger partial charge in [-0.1, -0.05) is 30.7 Å². The molecule has 1 N–H and O–H groups in total. The van der Waals surface area contributed by atoms with Crippen LogP contribution in [0.25, 0.3) is 10.9 Å². The van der Waals surface area contributed by atoms with Gasteiger partial charge in [-0.2, -0.15) is 5.26 Å². The van der Waals surface area contributed by atoms with E-state index in [9.17, 15) is 13.2 Å². The normalized spacial score (nSPS) is 18.5. The smallest absolute Gasteiger partial charge is 0.264 e. The number of aromatic nitrogens is 1. The van der Waals surface area contributed by atoms with Crippen LogP contribution in [-0.2, 0) is 14.8 Å². The van der Waals surface area contributed by atoms with Crippen molar-refractivity contribution in [2.75, 3.05) is 27.4 Å². The summed E-state index contributed by atoms with van der Waals surface area (Å²) in [5.41, 5.74) is 3.31. The van der Waals surface area contributed by atoms with Gasteiger partial charge in [-0.05, 0) is 67.1 Å². The van der Waals surface area contributed by atoms with Gasteiger partial charge in [0.15, 0.2) is 23.0 Å². The predicted molar refractivity (Wildman–Crippen MR) is 171 cm³/mol. The average Bonchev–Trinajstić information content (AvgIpc) is 3.06. The van der Waals surface area contributed by atoms with Gasteiger partial charge in [0.2, 0.25) is 5.91 Å². The first-order valence-electron chi connectivity index (χ1n) is 15.3. The SMILES string of the molecule is COc1ccc(C2CCC2)c2c1OCC[C@@H]2C(=O)NS(=O)(=O)c1cccc2ncccc12.COc1cccc2c1OCCC2C#N. The molecule has 2 atom stereocenters. The fourth-order valence-corrected chi connectivity index (χ4v) is 7.52. The second kappa shape index (κ2) is 13.3. The number of carbonyl (C=O) groups excluding carboxylic acids is 1. The number of benzene rings is 3. The van der Waals surface area contributed by atoms with Crippen LogP contribution < -0.4 is 23.7 Å². The molecular formula is C35H35N3O7S. The number of fused-ring (bicyclic) bond motifs is 3. The van der Waals surface area contributed by atoms with Crippen LogP contribution in [0.2, 0.25) is 0 Å². The van der Waals surface area contributed by atoms with Crippen molar-refractivity contribution >= 4 is 26.8 Å². The van der Waals surface area contributed by atoms with Crippen molar-refractivity contribution in [2.24, 2.45) is 0 Å². The number of hydrogen-bond acceptors (Lipinski definition) is 9. The van der Waals surface area contributed by atoms with Gasteiger partial charge in [0.05, 0.1) is 55.8 Å². The van der Waals surface area contributed by atoms with Crippen molar-refractivity contribution < 1.29 is 32.2 Å². The number of hydrogen-bond donors (Lipinski definition) is 1. The Bertz CT molecular complexity index is 1910. The van der Waals surface area contributed by atoms with Crippen LogP contribution in [-0.4, -0.2) is 46.7 Å². The molecule has 1 saturated carbocycles. The topological polar surface area (TPSA) is 137 Å². The maximum atomic E-state index is 13.4. The molecule has 2 aliphatic heterocycles. The van der Waals surface area contributed by atoms with E-state index in [2.05, 4.69) is 15.8 Å². The molecule has 4 aromatic rings. The number of pyridine rings is 1. The van der Waals surface area contributed by atoms with Crippen LogP contribution in [0.1, 0.15) is 66.5 Å². The first kappa shape index (κ1) is 31.2. The molecule has 11 heteroatoms. The van der Waals surface area contributed by atoms with Gasteiger partial charge in [0, 0.05) is 29.1 Å². The number of methoxy groups -OCH3 is 2. The third kappa shape index (κ3) is 5.93. The van der Waals surface area contributed by atoms with E-state index in [4.69, 9.17) is 24.2 Å². The van der Waals surface area contributed by atoms with E-state index in [1.807, 2.05) is 30.3 Å². The molecule has 46 heavy (non-hydrogen) atoms. The van der Waals surface area contributed by atoms with Crippen molar-refractivity contribution in [1.82, 2.24) is 9.71 Å². The van der Waals surface area contributed by atoms with Gasteiger partial charge in [-0.15, -0.1) is 0 Å². The highest BCUT2D eigenvalue weighted by molar-refractivity contribution is 7.90. The van der Waals surface area contributed by atoms with Gasteiger partial charge in [-0.3, -0.25) is 9.78 Å². The predicted octanol–water partition coefficient (Wildman–Crippen LogP) is 5.97. The third-order valence-corrected chi connectivity index (χ3v) is 10.2. The van der Waals surface area contributed by atoms with Gasteiger partial charge in [0.1, 0.15) is 0 Å². The Hall–Kier alpha value is -4.82. The molecule has 1 aliphatic carbocycles. The minimum absolute atomic E-state index is 0.0357. The summed E-state index contributed by atoms with van der Waals surface area (Å²) in [4.78, 5) is 17.6. The van der Waals surface area contributed by atoms with Crippen LogP contribution in [0.5, 0.6) is 23.0 Å². The second-order valence-electron chi connectivity index (χ2n) is 11.4. The molecule has 1 fully saturated rings. The van der Waals surface area contributed by atoms with Crippen LogP contribution in [0, 0.1) is 11.3 Å². The summed E-state index contributed by atoms with van der Waals surface area (Å²) in [6.45, 7) is 0.902.